The van der Waals surface area contributed by atoms with Crippen LogP contribution >= 0.6 is 0 Å². The molecule has 0 amide bonds. The molecule has 2 aromatic rings. The molecule has 19 heavy (non-hydrogen) atoms. The molecule has 96 valence electrons. The van der Waals surface area contributed by atoms with E-state index >= 15 is 0 Å². The Morgan fingerprint density at radius 3 is 2.58 bits per heavy atom. The van der Waals surface area contributed by atoms with Crippen molar-refractivity contribution in [2.24, 2.45) is 5.10 Å². The molecule has 0 spiro atoms. The van der Waals surface area contributed by atoms with Crippen LogP contribution in [0, 0.1) is 6.92 Å². The average Bonchev–Trinajstić information content (AvgIpc) is 2.39. The summed E-state index contributed by atoms with van der Waals surface area (Å²) in [5.41, 5.74) is 6.04. The molecule has 0 saturated heterocycles. The number of benzene rings is 2. The first kappa shape index (κ1) is 12.8. The highest BCUT2D eigenvalue weighted by atomic mass is 16.4. The van der Waals surface area contributed by atoms with E-state index in [1.165, 1.54) is 17.7 Å². The van der Waals surface area contributed by atoms with Gasteiger partial charge < -0.3 is 5.11 Å². The summed E-state index contributed by atoms with van der Waals surface area (Å²) < 4.78 is 0. The Hall–Kier alpha value is -2.62. The highest BCUT2D eigenvalue weighted by Crippen LogP contribution is 2.09. The van der Waals surface area contributed by atoms with E-state index in [4.69, 9.17) is 5.11 Å². The van der Waals surface area contributed by atoms with Crippen LogP contribution < -0.4 is 5.43 Å². The molecular formula is C15H14N2O2. The molecule has 0 aromatic heterocycles. The van der Waals surface area contributed by atoms with Crippen molar-refractivity contribution in [1.82, 2.24) is 0 Å². The summed E-state index contributed by atoms with van der Waals surface area (Å²) in [5, 5.41) is 12.9. The molecule has 0 aliphatic heterocycles. The van der Waals surface area contributed by atoms with Gasteiger partial charge in [0.2, 0.25) is 0 Å². The number of carboxylic acid groups (broad SMARTS) is 1. The summed E-state index contributed by atoms with van der Waals surface area (Å²) in [5.74, 6) is -0.935. The predicted molar refractivity (Wildman–Crippen MR) is 75.8 cm³/mol. The van der Waals surface area contributed by atoms with Gasteiger partial charge in [-0.25, -0.2) is 4.79 Å². The Kier molecular flexibility index (Phi) is 3.93. The lowest BCUT2D eigenvalue weighted by atomic mass is 10.2. The van der Waals surface area contributed by atoms with E-state index in [1.54, 1.807) is 18.3 Å². The summed E-state index contributed by atoms with van der Waals surface area (Å²) in [4.78, 5) is 10.7. The van der Waals surface area contributed by atoms with E-state index in [2.05, 4.69) is 10.5 Å². The van der Waals surface area contributed by atoms with Crippen molar-refractivity contribution in [1.29, 1.82) is 0 Å². The number of aryl methyl sites for hydroxylation is 1. The maximum Gasteiger partial charge on any atom is 0.335 e. The lowest BCUT2D eigenvalue weighted by molar-refractivity contribution is 0.0697. The number of nitrogens with one attached hydrogen (secondary N) is 1. The van der Waals surface area contributed by atoms with Crippen LogP contribution in [0.4, 0.5) is 5.69 Å². The topological polar surface area (TPSA) is 61.7 Å². The molecule has 2 N–H and O–H groups in total. The zero-order valence-corrected chi connectivity index (χ0v) is 10.5. The Morgan fingerprint density at radius 1 is 1.21 bits per heavy atom. The van der Waals surface area contributed by atoms with E-state index in [9.17, 15) is 4.79 Å². The van der Waals surface area contributed by atoms with Crippen LogP contribution in [0.25, 0.3) is 0 Å². The first-order valence-electron chi connectivity index (χ1n) is 5.84. The zero-order valence-electron chi connectivity index (χ0n) is 10.5. The van der Waals surface area contributed by atoms with E-state index in [0.29, 0.717) is 0 Å². The molecule has 0 radical (unpaired) electrons. The molecule has 4 heteroatoms. The Bertz CT molecular complexity index is 604. The predicted octanol–water partition coefficient (Wildman–Crippen LogP) is 3.14. The quantitative estimate of drug-likeness (QED) is 0.651. The molecule has 0 aliphatic carbocycles. The minimum Gasteiger partial charge on any atom is -0.478 e. The lowest BCUT2D eigenvalue weighted by Gasteiger charge is -2.01. The highest BCUT2D eigenvalue weighted by Gasteiger charge is 2.00. The van der Waals surface area contributed by atoms with Crippen molar-refractivity contribution in [3.63, 3.8) is 0 Å². The molecule has 0 heterocycles. The van der Waals surface area contributed by atoms with Crippen molar-refractivity contribution >= 4 is 17.9 Å². The van der Waals surface area contributed by atoms with Crippen LogP contribution in [0.15, 0.2) is 53.6 Å². The highest BCUT2D eigenvalue weighted by molar-refractivity contribution is 5.88. The second-order valence-corrected chi connectivity index (χ2v) is 4.17. The maximum absolute atomic E-state index is 10.7. The molecule has 0 fully saturated rings. The number of hydrogen-bond donors (Lipinski definition) is 2. The second kappa shape index (κ2) is 5.82. The zero-order chi connectivity index (χ0) is 13.7. The molecule has 0 atom stereocenters. The van der Waals surface area contributed by atoms with Crippen molar-refractivity contribution in [2.75, 3.05) is 5.43 Å². The minimum absolute atomic E-state index is 0.258. The van der Waals surface area contributed by atoms with Gasteiger partial charge in [-0.15, -0.1) is 0 Å². The van der Waals surface area contributed by atoms with Crippen molar-refractivity contribution < 1.29 is 9.90 Å². The van der Waals surface area contributed by atoms with E-state index < -0.39 is 5.97 Å². The average molecular weight is 254 g/mol. The first-order chi connectivity index (χ1) is 9.15. The number of aromatic carboxylic acids is 1. The van der Waals surface area contributed by atoms with Gasteiger partial charge in [-0.05, 0) is 36.8 Å². The van der Waals surface area contributed by atoms with E-state index in [1.807, 2.05) is 31.2 Å². The van der Waals surface area contributed by atoms with Crippen LogP contribution in [-0.2, 0) is 0 Å². The van der Waals surface area contributed by atoms with E-state index in [-0.39, 0.29) is 5.56 Å². The third-order valence-electron chi connectivity index (χ3n) is 2.58. The minimum atomic E-state index is -0.935. The van der Waals surface area contributed by atoms with Crippen molar-refractivity contribution in [3.8, 4) is 0 Å². The summed E-state index contributed by atoms with van der Waals surface area (Å²) in [6.07, 6.45) is 1.72. The smallest absolute Gasteiger partial charge is 0.335 e. The number of carboxylic acids is 1. The molecule has 0 saturated carbocycles. The summed E-state index contributed by atoms with van der Waals surface area (Å²) in [6.45, 7) is 2.02. The molecule has 0 unspecified atom stereocenters. The Labute approximate surface area is 111 Å². The molecule has 2 rings (SSSR count). The normalized spacial score (nSPS) is 10.6. The van der Waals surface area contributed by atoms with Crippen LogP contribution in [0.1, 0.15) is 21.5 Å². The van der Waals surface area contributed by atoms with Gasteiger partial charge in [0.25, 0.3) is 0 Å². The van der Waals surface area contributed by atoms with Crippen LogP contribution in [-0.4, -0.2) is 17.3 Å². The number of anilines is 1. The molecular weight excluding hydrogens is 240 g/mol. The first-order valence-corrected chi connectivity index (χ1v) is 5.84. The molecule has 4 nitrogen and oxygen atoms in total. The second-order valence-electron chi connectivity index (χ2n) is 4.17. The third kappa shape index (κ3) is 3.67. The van der Waals surface area contributed by atoms with Gasteiger partial charge in [-0.2, -0.15) is 5.10 Å². The van der Waals surface area contributed by atoms with Crippen LogP contribution in [0.5, 0.6) is 0 Å². The summed E-state index contributed by atoms with van der Waals surface area (Å²) in [6, 6.07) is 14.4. The van der Waals surface area contributed by atoms with Crippen LogP contribution in [0.3, 0.4) is 0 Å². The fourth-order valence-corrected chi connectivity index (χ4v) is 1.62. The largest absolute Gasteiger partial charge is 0.478 e. The summed E-state index contributed by atoms with van der Waals surface area (Å²) >= 11 is 0. The van der Waals surface area contributed by atoms with Crippen molar-refractivity contribution in [3.05, 3.63) is 65.2 Å². The SMILES string of the molecule is Cc1cccc(/C=N/Nc2ccc(C(=O)O)cc2)c1. The molecule has 0 bridgehead atoms. The maximum atomic E-state index is 10.7. The van der Waals surface area contributed by atoms with Gasteiger partial charge in [-0.1, -0.05) is 29.8 Å². The van der Waals surface area contributed by atoms with E-state index in [0.717, 1.165) is 11.3 Å². The fourth-order valence-electron chi connectivity index (χ4n) is 1.62. The number of hydrazone groups is 1. The number of rotatable bonds is 4. The molecule has 2 aromatic carbocycles. The van der Waals surface area contributed by atoms with Crippen LogP contribution in [0.2, 0.25) is 0 Å². The summed E-state index contributed by atoms with van der Waals surface area (Å²) in [7, 11) is 0. The Morgan fingerprint density at radius 2 is 1.95 bits per heavy atom. The van der Waals surface area contributed by atoms with Gasteiger partial charge in [0, 0.05) is 0 Å². The Balaban J connectivity index is 2.00. The van der Waals surface area contributed by atoms with Gasteiger partial charge >= 0.3 is 5.97 Å². The van der Waals surface area contributed by atoms with Gasteiger partial charge in [0.15, 0.2) is 0 Å². The fraction of sp³-hybridized carbons (Fsp3) is 0.0667. The number of carbonyl (C=O) groups is 1. The van der Waals surface area contributed by atoms with Gasteiger partial charge in [0.1, 0.15) is 0 Å². The lowest BCUT2D eigenvalue weighted by Crippen LogP contribution is -1.96. The standard InChI is InChI=1S/C15H14N2O2/c1-11-3-2-4-12(9-11)10-16-17-14-7-5-13(6-8-14)15(18)19/h2-10,17H,1H3,(H,18,19)/b16-10+. The van der Waals surface area contributed by atoms with Gasteiger partial charge in [-0.3, -0.25) is 5.43 Å². The number of hydrogen-bond acceptors (Lipinski definition) is 3. The molecule has 0 aliphatic rings. The number of nitrogens with zero attached hydrogens (tertiary/aromatic N) is 1. The third-order valence-corrected chi connectivity index (χ3v) is 2.58. The monoisotopic (exact) mass is 254 g/mol. The van der Waals surface area contributed by atoms with Gasteiger partial charge in [0.05, 0.1) is 17.5 Å². The van der Waals surface area contributed by atoms with Crippen molar-refractivity contribution in [2.45, 2.75) is 6.92 Å².